The Kier molecular flexibility index (Phi) is 3.39. The molecule has 3 aromatic heterocycles. The lowest BCUT2D eigenvalue weighted by Gasteiger charge is -2.00. The average Bonchev–Trinajstić information content (AvgIpc) is 3.30. The monoisotopic (exact) mass is 324 g/mol. The van der Waals surface area contributed by atoms with Crippen LogP contribution in [0.15, 0.2) is 47.1 Å². The van der Waals surface area contributed by atoms with Crippen LogP contribution in [-0.4, -0.2) is 26.9 Å². The van der Waals surface area contributed by atoms with Crippen molar-refractivity contribution >= 4 is 28.4 Å². The Morgan fingerprint density at radius 2 is 2.00 bits per heavy atom. The van der Waals surface area contributed by atoms with Crippen molar-refractivity contribution in [2.24, 2.45) is 0 Å². The van der Waals surface area contributed by atoms with Crippen LogP contribution in [0.1, 0.15) is 10.8 Å². The lowest BCUT2D eigenvalue weighted by Crippen LogP contribution is -1.91. The van der Waals surface area contributed by atoms with Gasteiger partial charge in [-0.25, -0.2) is 0 Å². The molecule has 0 spiro atoms. The highest BCUT2D eigenvalue weighted by Crippen LogP contribution is 2.24. The first kappa shape index (κ1) is 13.7. The lowest BCUT2D eigenvalue weighted by molar-refractivity contribution is 0.415. The van der Waals surface area contributed by atoms with Crippen LogP contribution in [0.3, 0.4) is 0 Å². The summed E-state index contributed by atoms with van der Waals surface area (Å²) in [5.74, 6) is 2.29. The summed E-state index contributed by atoms with van der Waals surface area (Å²) < 4.78 is 12.2. The topological polar surface area (TPSA) is 65.5 Å². The standard InChI is InChI=1S/C16H12N4O2S/c1-21-12-6-4-11(5-7-12)15-17-18-16-20(15)19-14(23-16)9-8-13-3-2-10-22-13/h2-10H,1H3/b9-8+. The Morgan fingerprint density at radius 3 is 2.74 bits per heavy atom. The van der Waals surface area contributed by atoms with E-state index in [0.717, 1.165) is 27.0 Å². The summed E-state index contributed by atoms with van der Waals surface area (Å²) in [4.78, 5) is 0.745. The van der Waals surface area contributed by atoms with Crippen LogP contribution >= 0.6 is 11.3 Å². The van der Waals surface area contributed by atoms with Gasteiger partial charge in [0.25, 0.3) is 0 Å². The van der Waals surface area contributed by atoms with Gasteiger partial charge in [-0.2, -0.15) is 9.61 Å². The molecule has 0 unspecified atom stereocenters. The number of ether oxygens (including phenoxy) is 1. The summed E-state index contributed by atoms with van der Waals surface area (Å²) in [7, 11) is 1.64. The molecular formula is C16H12N4O2S. The van der Waals surface area contributed by atoms with Crippen molar-refractivity contribution in [2.75, 3.05) is 7.11 Å². The highest BCUT2D eigenvalue weighted by Gasteiger charge is 2.12. The van der Waals surface area contributed by atoms with Gasteiger partial charge in [0.05, 0.1) is 13.4 Å². The minimum atomic E-state index is 0.705. The van der Waals surface area contributed by atoms with Gasteiger partial charge in [0.2, 0.25) is 4.96 Å². The van der Waals surface area contributed by atoms with Gasteiger partial charge in [0, 0.05) is 5.56 Å². The fourth-order valence-electron chi connectivity index (χ4n) is 2.16. The van der Waals surface area contributed by atoms with Gasteiger partial charge in [0.1, 0.15) is 16.5 Å². The van der Waals surface area contributed by atoms with Gasteiger partial charge in [-0.05, 0) is 48.6 Å². The molecule has 114 valence electrons. The Hall–Kier alpha value is -2.93. The van der Waals surface area contributed by atoms with E-state index in [1.165, 1.54) is 11.3 Å². The third-order valence-corrected chi connectivity index (χ3v) is 4.15. The van der Waals surface area contributed by atoms with Crippen LogP contribution in [-0.2, 0) is 0 Å². The summed E-state index contributed by atoms with van der Waals surface area (Å²) in [5.41, 5.74) is 0.935. The van der Waals surface area contributed by atoms with Crippen LogP contribution < -0.4 is 4.74 Å². The molecule has 7 heteroatoms. The summed E-state index contributed by atoms with van der Waals surface area (Å²) in [6.45, 7) is 0. The fraction of sp³-hybridized carbons (Fsp3) is 0.0625. The van der Waals surface area contributed by atoms with Gasteiger partial charge in [-0.1, -0.05) is 11.3 Å². The number of hydrogen-bond acceptors (Lipinski definition) is 6. The van der Waals surface area contributed by atoms with E-state index < -0.39 is 0 Å². The molecule has 0 radical (unpaired) electrons. The van der Waals surface area contributed by atoms with Crippen LogP contribution in [0.4, 0.5) is 0 Å². The predicted octanol–water partition coefficient (Wildman–Crippen LogP) is 3.62. The number of hydrogen-bond donors (Lipinski definition) is 0. The molecule has 6 nitrogen and oxygen atoms in total. The van der Waals surface area contributed by atoms with Gasteiger partial charge in [0.15, 0.2) is 5.82 Å². The van der Waals surface area contributed by atoms with Crippen molar-refractivity contribution in [1.82, 2.24) is 19.8 Å². The maximum Gasteiger partial charge on any atom is 0.235 e. The Balaban J connectivity index is 1.68. The van der Waals surface area contributed by atoms with E-state index in [-0.39, 0.29) is 0 Å². The third-order valence-electron chi connectivity index (χ3n) is 3.29. The number of nitrogens with zero attached hydrogens (tertiary/aromatic N) is 4. The quantitative estimate of drug-likeness (QED) is 0.573. The Bertz CT molecular complexity index is 952. The van der Waals surface area contributed by atoms with E-state index in [4.69, 9.17) is 9.15 Å². The number of aromatic nitrogens is 4. The molecule has 0 aliphatic carbocycles. The smallest absolute Gasteiger partial charge is 0.235 e. The van der Waals surface area contributed by atoms with Crippen LogP contribution in [0.2, 0.25) is 0 Å². The minimum Gasteiger partial charge on any atom is -0.497 e. The molecule has 0 N–H and O–H groups in total. The Morgan fingerprint density at radius 1 is 1.13 bits per heavy atom. The molecule has 23 heavy (non-hydrogen) atoms. The van der Waals surface area contributed by atoms with E-state index in [9.17, 15) is 0 Å². The molecule has 0 aliphatic heterocycles. The largest absolute Gasteiger partial charge is 0.497 e. The zero-order chi connectivity index (χ0) is 15.6. The van der Waals surface area contributed by atoms with E-state index in [0.29, 0.717) is 5.82 Å². The molecular weight excluding hydrogens is 312 g/mol. The first-order chi connectivity index (χ1) is 11.3. The zero-order valence-electron chi connectivity index (χ0n) is 12.2. The highest BCUT2D eigenvalue weighted by molar-refractivity contribution is 7.17. The number of methoxy groups -OCH3 is 1. The fourth-order valence-corrected chi connectivity index (χ4v) is 2.90. The molecule has 0 atom stereocenters. The van der Waals surface area contributed by atoms with Gasteiger partial charge in [-0.15, -0.1) is 10.2 Å². The number of rotatable bonds is 4. The molecule has 0 saturated carbocycles. The predicted molar refractivity (Wildman–Crippen MR) is 88.3 cm³/mol. The molecule has 0 amide bonds. The van der Waals surface area contributed by atoms with Crippen molar-refractivity contribution in [3.63, 3.8) is 0 Å². The van der Waals surface area contributed by atoms with Gasteiger partial charge >= 0.3 is 0 Å². The number of furan rings is 1. The van der Waals surface area contributed by atoms with Crippen LogP contribution in [0.5, 0.6) is 5.75 Å². The summed E-state index contributed by atoms with van der Waals surface area (Å²) in [5, 5.41) is 13.8. The maximum atomic E-state index is 5.27. The molecule has 1 aromatic carbocycles. The van der Waals surface area contributed by atoms with Gasteiger partial charge < -0.3 is 9.15 Å². The second kappa shape index (κ2) is 5.69. The van der Waals surface area contributed by atoms with Crippen molar-refractivity contribution in [1.29, 1.82) is 0 Å². The average molecular weight is 324 g/mol. The summed E-state index contributed by atoms with van der Waals surface area (Å²) >= 11 is 1.47. The van der Waals surface area contributed by atoms with Crippen LogP contribution in [0.25, 0.3) is 28.5 Å². The molecule has 0 bridgehead atoms. The number of fused-ring (bicyclic) bond motifs is 1. The van der Waals surface area contributed by atoms with Crippen molar-refractivity contribution < 1.29 is 9.15 Å². The number of benzene rings is 1. The lowest BCUT2D eigenvalue weighted by atomic mass is 10.2. The minimum absolute atomic E-state index is 0.705. The van der Waals surface area contributed by atoms with Crippen molar-refractivity contribution in [3.8, 4) is 17.1 Å². The van der Waals surface area contributed by atoms with E-state index in [2.05, 4.69) is 15.3 Å². The molecule has 4 aromatic rings. The third kappa shape index (κ3) is 2.62. The van der Waals surface area contributed by atoms with Gasteiger partial charge in [-0.3, -0.25) is 0 Å². The van der Waals surface area contributed by atoms with Crippen molar-refractivity contribution in [2.45, 2.75) is 0 Å². The maximum absolute atomic E-state index is 5.27. The first-order valence-electron chi connectivity index (χ1n) is 6.92. The normalized spacial score (nSPS) is 11.5. The Labute approximate surface area is 135 Å². The molecule has 0 fully saturated rings. The molecule has 4 rings (SSSR count). The van der Waals surface area contributed by atoms with Crippen molar-refractivity contribution in [3.05, 3.63) is 53.4 Å². The zero-order valence-corrected chi connectivity index (χ0v) is 13.0. The highest BCUT2D eigenvalue weighted by atomic mass is 32.1. The summed E-state index contributed by atoms with van der Waals surface area (Å²) in [6.07, 6.45) is 5.41. The van der Waals surface area contributed by atoms with Crippen LogP contribution in [0, 0.1) is 0 Å². The second-order valence-corrected chi connectivity index (χ2v) is 5.72. The van der Waals surface area contributed by atoms with E-state index >= 15 is 0 Å². The molecule has 0 aliphatic rings. The summed E-state index contributed by atoms with van der Waals surface area (Å²) in [6, 6.07) is 11.4. The molecule has 0 saturated heterocycles. The SMILES string of the molecule is COc1ccc(-c2nnc3sc(/C=C/c4ccco4)nn23)cc1. The first-order valence-corrected chi connectivity index (χ1v) is 7.73. The van der Waals surface area contributed by atoms with E-state index in [1.807, 2.05) is 48.6 Å². The van der Waals surface area contributed by atoms with E-state index in [1.54, 1.807) is 17.9 Å². The molecule has 3 heterocycles. The second-order valence-electron chi connectivity index (χ2n) is 4.74.